The van der Waals surface area contributed by atoms with Crippen LogP contribution >= 0.6 is 72.3 Å². The molecule has 0 bridgehead atoms. The molecule has 0 N–H and O–H groups in total. The maximum atomic E-state index is 4.28. The summed E-state index contributed by atoms with van der Waals surface area (Å²) in [5, 5.41) is 4.13. The molecule has 2 heterocycles. The Kier molecular flexibility index (Phi) is 3.47. The van der Waals surface area contributed by atoms with Gasteiger partial charge in [0.1, 0.15) is 0 Å². The summed E-state index contributed by atoms with van der Waals surface area (Å²) >= 11 is 15.5. The van der Waals surface area contributed by atoms with Gasteiger partial charge >= 0.3 is 0 Å². The highest BCUT2D eigenvalue weighted by Crippen LogP contribution is 2.56. The van der Waals surface area contributed by atoms with Gasteiger partial charge in [-0.3, -0.25) is 0 Å². The van der Waals surface area contributed by atoms with E-state index in [4.69, 9.17) is 0 Å². The largest absolute Gasteiger partial charge is 0.136 e. The van der Waals surface area contributed by atoms with E-state index in [-0.39, 0.29) is 0 Å². The predicted octanol–water partition coefficient (Wildman–Crippen LogP) is 4.53. The third kappa shape index (κ3) is 2.22. The fourth-order valence-corrected chi connectivity index (χ4v) is 6.03. The molecular formula is C6H4S6. The second-order valence-electron chi connectivity index (χ2n) is 1.93. The zero-order valence-electron chi connectivity index (χ0n) is 5.68. The topological polar surface area (TPSA) is 0 Å². The van der Waals surface area contributed by atoms with E-state index in [9.17, 15) is 0 Å². The first-order chi connectivity index (χ1) is 5.75. The highest BCUT2D eigenvalue weighted by molar-refractivity contribution is 8.38. The standard InChI is InChI=1S/C6H4S6/c7-3-1-9-5(11-3)6-10-2-4(8)12-6/h1-2,7-8H/b6-5-. The van der Waals surface area contributed by atoms with Crippen molar-refractivity contribution in [3.63, 3.8) is 0 Å². The van der Waals surface area contributed by atoms with Gasteiger partial charge < -0.3 is 0 Å². The Labute approximate surface area is 99.3 Å². The van der Waals surface area contributed by atoms with Gasteiger partial charge in [-0.1, -0.05) is 47.0 Å². The molecule has 0 atom stereocenters. The van der Waals surface area contributed by atoms with E-state index in [1.165, 1.54) is 8.47 Å². The number of rotatable bonds is 0. The lowest BCUT2D eigenvalue weighted by Crippen LogP contribution is -1.64. The molecule has 0 unspecified atom stereocenters. The van der Waals surface area contributed by atoms with Crippen LogP contribution in [0.1, 0.15) is 0 Å². The molecule has 0 amide bonds. The van der Waals surface area contributed by atoms with E-state index in [0.717, 1.165) is 8.47 Å². The first kappa shape index (κ1) is 9.86. The van der Waals surface area contributed by atoms with Gasteiger partial charge in [0.15, 0.2) is 0 Å². The fraction of sp³-hybridized carbons (Fsp3) is 0. The average molecular weight is 268 g/mol. The molecule has 2 aliphatic heterocycles. The molecular weight excluding hydrogens is 264 g/mol. The quantitative estimate of drug-likeness (QED) is 0.619. The van der Waals surface area contributed by atoms with Crippen molar-refractivity contribution in [3.05, 3.63) is 27.8 Å². The minimum Gasteiger partial charge on any atom is -0.136 e. The predicted molar refractivity (Wildman–Crippen MR) is 71.5 cm³/mol. The zero-order chi connectivity index (χ0) is 8.55. The fourth-order valence-electron chi connectivity index (χ4n) is 0.674. The van der Waals surface area contributed by atoms with Crippen LogP contribution in [0.5, 0.6) is 0 Å². The summed E-state index contributed by atoms with van der Waals surface area (Å²) < 4.78 is 4.82. The Balaban J connectivity index is 2.11. The molecule has 64 valence electrons. The van der Waals surface area contributed by atoms with Crippen molar-refractivity contribution < 1.29 is 0 Å². The lowest BCUT2D eigenvalue weighted by Gasteiger charge is -1.99. The minimum atomic E-state index is 1.08. The molecule has 0 nitrogen and oxygen atoms in total. The Hall–Kier alpha value is 1.32. The minimum absolute atomic E-state index is 1.08. The van der Waals surface area contributed by atoms with Crippen molar-refractivity contribution in [2.45, 2.75) is 0 Å². The van der Waals surface area contributed by atoms with Crippen LogP contribution in [0.3, 0.4) is 0 Å². The number of hydrogen-bond acceptors (Lipinski definition) is 6. The van der Waals surface area contributed by atoms with Gasteiger partial charge in [-0.25, -0.2) is 0 Å². The van der Waals surface area contributed by atoms with Crippen LogP contribution in [-0.2, 0) is 0 Å². The molecule has 0 spiro atoms. The lowest BCUT2D eigenvalue weighted by atomic mass is 11.2. The summed E-state index contributed by atoms with van der Waals surface area (Å²) in [4.78, 5) is 0. The van der Waals surface area contributed by atoms with E-state index >= 15 is 0 Å². The van der Waals surface area contributed by atoms with E-state index in [1.54, 1.807) is 47.0 Å². The Morgan fingerprint density at radius 2 is 1.25 bits per heavy atom. The monoisotopic (exact) mass is 268 g/mol. The first-order valence-corrected chi connectivity index (χ1v) is 7.26. The maximum Gasteiger partial charge on any atom is 0.0705 e. The van der Waals surface area contributed by atoms with Gasteiger partial charge in [0.2, 0.25) is 0 Å². The molecule has 2 rings (SSSR count). The van der Waals surface area contributed by atoms with Gasteiger partial charge in [-0.15, -0.1) is 25.3 Å². The molecule has 0 fully saturated rings. The maximum absolute atomic E-state index is 4.28. The van der Waals surface area contributed by atoms with Gasteiger partial charge in [-0.2, -0.15) is 0 Å². The average Bonchev–Trinajstić information content (AvgIpc) is 2.58. The van der Waals surface area contributed by atoms with Crippen molar-refractivity contribution in [3.8, 4) is 0 Å². The molecule has 2 aliphatic rings. The lowest BCUT2D eigenvalue weighted by molar-refractivity contribution is 2.37. The smallest absolute Gasteiger partial charge is 0.0705 e. The molecule has 0 saturated heterocycles. The summed E-state index contributed by atoms with van der Waals surface area (Å²) in [6.45, 7) is 0. The van der Waals surface area contributed by atoms with Crippen LogP contribution in [0.4, 0.5) is 0 Å². The van der Waals surface area contributed by atoms with Crippen LogP contribution in [0, 0.1) is 0 Å². The van der Waals surface area contributed by atoms with Gasteiger partial charge in [0.05, 0.1) is 8.47 Å². The van der Waals surface area contributed by atoms with Crippen LogP contribution in [0.25, 0.3) is 0 Å². The van der Waals surface area contributed by atoms with Crippen LogP contribution in [0.15, 0.2) is 27.8 Å². The summed E-state index contributed by atoms with van der Waals surface area (Å²) in [7, 11) is 0. The third-order valence-corrected chi connectivity index (χ3v) is 7.12. The molecule has 6 heteroatoms. The molecule has 0 aromatic heterocycles. The molecule has 12 heavy (non-hydrogen) atoms. The SMILES string of the molecule is SC1=CS/C(=C2\SC=C(S)S2)S1. The molecule has 0 saturated carbocycles. The zero-order valence-corrected chi connectivity index (χ0v) is 10.7. The van der Waals surface area contributed by atoms with E-state index in [1.807, 2.05) is 0 Å². The summed E-state index contributed by atoms with van der Waals surface area (Å²) in [5.41, 5.74) is 0. The highest BCUT2D eigenvalue weighted by atomic mass is 32.2. The number of thioether (sulfide) groups is 4. The van der Waals surface area contributed by atoms with Gasteiger partial charge in [-0.05, 0) is 10.8 Å². The van der Waals surface area contributed by atoms with Crippen LogP contribution in [0.2, 0.25) is 0 Å². The van der Waals surface area contributed by atoms with Crippen molar-refractivity contribution in [1.29, 1.82) is 0 Å². The van der Waals surface area contributed by atoms with Crippen molar-refractivity contribution in [2.24, 2.45) is 0 Å². The molecule has 0 aromatic rings. The van der Waals surface area contributed by atoms with Gasteiger partial charge in [0.25, 0.3) is 0 Å². The Morgan fingerprint density at radius 1 is 0.833 bits per heavy atom. The second-order valence-corrected chi connectivity index (χ2v) is 7.88. The highest BCUT2D eigenvalue weighted by Gasteiger charge is 2.19. The summed E-state index contributed by atoms with van der Waals surface area (Å²) in [6.07, 6.45) is 0. The van der Waals surface area contributed by atoms with Crippen LogP contribution < -0.4 is 0 Å². The molecule has 0 radical (unpaired) electrons. The van der Waals surface area contributed by atoms with Crippen molar-refractivity contribution in [1.82, 2.24) is 0 Å². The number of thiol groups is 2. The van der Waals surface area contributed by atoms with Crippen molar-refractivity contribution in [2.75, 3.05) is 0 Å². The number of hydrogen-bond donors (Lipinski definition) is 2. The normalized spacial score (nSPS) is 29.2. The van der Waals surface area contributed by atoms with E-state index in [2.05, 4.69) is 36.1 Å². The second kappa shape index (κ2) is 4.23. The van der Waals surface area contributed by atoms with Crippen molar-refractivity contribution >= 4 is 72.3 Å². The van der Waals surface area contributed by atoms with E-state index in [0.29, 0.717) is 0 Å². The third-order valence-electron chi connectivity index (χ3n) is 1.09. The van der Waals surface area contributed by atoms with E-state index < -0.39 is 0 Å². The first-order valence-electron chi connectivity index (χ1n) is 2.97. The Bertz CT molecular complexity index is 269. The summed E-state index contributed by atoms with van der Waals surface area (Å²) in [6, 6.07) is 0. The molecule has 0 aromatic carbocycles. The Morgan fingerprint density at radius 3 is 1.50 bits per heavy atom. The van der Waals surface area contributed by atoms with Crippen LogP contribution in [-0.4, -0.2) is 0 Å². The molecule has 0 aliphatic carbocycles. The van der Waals surface area contributed by atoms with Gasteiger partial charge in [0, 0.05) is 8.47 Å². The summed E-state index contributed by atoms with van der Waals surface area (Å²) in [5.74, 6) is 0.